The molecule has 0 saturated carbocycles. The fourth-order valence-corrected chi connectivity index (χ4v) is 0.862. The molecule has 0 aliphatic carbocycles. The quantitative estimate of drug-likeness (QED) is 0.493. The SMILES string of the molecule is C=c1ncnc(C)c1=C[N-]C(C)=N. The first kappa shape index (κ1) is 9.38. The van der Waals surface area contributed by atoms with E-state index in [2.05, 4.69) is 21.9 Å². The Morgan fingerprint density at radius 1 is 1.62 bits per heavy atom. The number of rotatable bonds is 1. The minimum atomic E-state index is 0.252. The first-order valence-corrected chi connectivity index (χ1v) is 3.84. The lowest BCUT2D eigenvalue weighted by Crippen LogP contribution is -2.30. The van der Waals surface area contributed by atoms with Crippen LogP contribution in [-0.2, 0) is 0 Å². The van der Waals surface area contributed by atoms with Gasteiger partial charge in [0.15, 0.2) is 0 Å². The molecule has 13 heavy (non-hydrogen) atoms. The maximum Gasteiger partial charge on any atom is 0.116 e. The molecule has 1 heterocycles. The van der Waals surface area contributed by atoms with Crippen LogP contribution in [0.4, 0.5) is 0 Å². The summed E-state index contributed by atoms with van der Waals surface area (Å²) in [4.78, 5) is 7.94. The highest BCUT2D eigenvalue weighted by molar-refractivity contribution is 5.95. The van der Waals surface area contributed by atoms with Crippen molar-refractivity contribution in [3.05, 3.63) is 27.9 Å². The van der Waals surface area contributed by atoms with E-state index in [0.29, 0.717) is 5.35 Å². The van der Waals surface area contributed by atoms with Crippen LogP contribution < -0.4 is 10.6 Å². The van der Waals surface area contributed by atoms with Gasteiger partial charge in [-0.05, 0) is 13.8 Å². The lowest BCUT2D eigenvalue weighted by Gasteiger charge is -2.04. The van der Waals surface area contributed by atoms with Crippen LogP contribution in [0.5, 0.6) is 0 Å². The van der Waals surface area contributed by atoms with Crippen LogP contribution in [0.2, 0.25) is 0 Å². The number of hydrogen-bond acceptors (Lipinski definition) is 3. The molecule has 1 aromatic heterocycles. The highest BCUT2D eigenvalue weighted by atomic mass is 14.9. The van der Waals surface area contributed by atoms with Crippen molar-refractivity contribution in [2.24, 2.45) is 0 Å². The summed E-state index contributed by atoms with van der Waals surface area (Å²) in [6, 6.07) is 0. The third-order valence-electron chi connectivity index (χ3n) is 1.55. The second-order valence-corrected chi connectivity index (χ2v) is 2.66. The van der Waals surface area contributed by atoms with E-state index in [1.165, 1.54) is 6.33 Å². The van der Waals surface area contributed by atoms with E-state index in [4.69, 9.17) is 5.41 Å². The minimum absolute atomic E-state index is 0.252. The van der Waals surface area contributed by atoms with Crippen molar-refractivity contribution in [1.29, 1.82) is 5.41 Å². The molecule has 4 heteroatoms. The molecule has 0 aliphatic heterocycles. The van der Waals surface area contributed by atoms with Crippen molar-refractivity contribution >= 4 is 18.6 Å². The van der Waals surface area contributed by atoms with Crippen molar-refractivity contribution in [2.45, 2.75) is 13.8 Å². The van der Waals surface area contributed by atoms with E-state index in [1.807, 2.05) is 6.92 Å². The Hall–Kier alpha value is -1.71. The third-order valence-corrected chi connectivity index (χ3v) is 1.55. The zero-order valence-corrected chi connectivity index (χ0v) is 7.70. The Morgan fingerprint density at radius 2 is 2.31 bits per heavy atom. The predicted molar refractivity (Wildman–Crippen MR) is 52.8 cm³/mol. The molecule has 0 atom stereocenters. The molecule has 0 amide bonds. The Balaban J connectivity index is 3.20. The van der Waals surface area contributed by atoms with Gasteiger partial charge in [0.2, 0.25) is 0 Å². The van der Waals surface area contributed by atoms with E-state index in [-0.39, 0.29) is 5.84 Å². The summed E-state index contributed by atoms with van der Waals surface area (Å²) in [6.45, 7) is 7.21. The van der Waals surface area contributed by atoms with Crippen molar-refractivity contribution in [2.75, 3.05) is 0 Å². The van der Waals surface area contributed by atoms with Gasteiger partial charge in [0.1, 0.15) is 6.33 Å². The number of aryl methyl sites for hydroxylation is 1. The van der Waals surface area contributed by atoms with Crippen LogP contribution in [-0.4, -0.2) is 15.8 Å². The summed E-state index contributed by atoms with van der Waals surface area (Å²) in [6.07, 6.45) is 3.03. The molecular formula is C9H11N4-. The van der Waals surface area contributed by atoms with Crippen molar-refractivity contribution in [3.8, 4) is 0 Å². The highest BCUT2D eigenvalue weighted by Crippen LogP contribution is 1.87. The van der Waals surface area contributed by atoms with Gasteiger partial charge in [-0.15, -0.1) is 0 Å². The largest absolute Gasteiger partial charge is 0.486 e. The van der Waals surface area contributed by atoms with Gasteiger partial charge in [0, 0.05) is 10.9 Å². The minimum Gasteiger partial charge on any atom is -0.486 e. The molecule has 0 radical (unpaired) electrons. The molecule has 0 unspecified atom stereocenters. The van der Waals surface area contributed by atoms with Gasteiger partial charge in [-0.3, -0.25) is 0 Å². The number of nitrogens with zero attached hydrogens (tertiary/aromatic N) is 3. The Kier molecular flexibility index (Phi) is 2.74. The van der Waals surface area contributed by atoms with Crippen molar-refractivity contribution < 1.29 is 0 Å². The lowest BCUT2D eigenvalue weighted by molar-refractivity contribution is 1.04. The first-order chi connectivity index (χ1) is 6.11. The molecular weight excluding hydrogens is 164 g/mol. The van der Waals surface area contributed by atoms with Gasteiger partial charge < -0.3 is 10.7 Å². The number of hydrogen-bond donors (Lipinski definition) is 1. The van der Waals surface area contributed by atoms with E-state index in [1.54, 1.807) is 13.1 Å². The van der Waals surface area contributed by atoms with Gasteiger partial charge in [0.25, 0.3) is 0 Å². The van der Waals surface area contributed by atoms with Crippen LogP contribution in [0.25, 0.3) is 18.1 Å². The van der Waals surface area contributed by atoms with Crippen molar-refractivity contribution in [3.63, 3.8) is 0 Å². The summed E-state index contributed by atoms with van der Waals surface area (Å²) < 4.78 is 0. The van der Waals surface area contributed by atoms with E-state index >= 15 is 0 Å². The molecule has 0 aliphatic rings. The average molecular weight is 175 g/mol. The highest BCUT2D eigenvalue weighted by Gasteiger charge is 1.88. The molecule has 0 fully saturated rings. The van der Waals surface area contributed by atoms with Crippen LogP contribution >= 0.6 is 0 Å². The zero-order chi connectivity index (χ0) is 9.84. The van der Waals surface area contributed by atoms with Crippen LogP contribution in [0.1, 0.15) is 12.6 Å². The van der Waals surface area contributed by atoms with Gasteiger partial charge in [0.05, 0.1) is 5.35 Å². The molecule has 0 aromatic carbocycles. The first-order valence-electron chi connectivity index (χ1n) is 3.84. The second kappa shape index (κ2) is 3.80. The van der Waals surface area contributed by atoms with Crippen LogP contribution in [0.15, 0.2) is 6.33 Å². The molecule has 4 nitrogen and oxygen atoms in total. The van der Waals surface area contributed by atoms with Gasteiger partial charge >= 0.3 is 0 Å². The van der Waals surface area contributed by atoms with Crippen LogP contribution in [0.3, 0.4) is 0 Å². The van der Waals surface area contributed by atoms with E-state index < -0.39 is 0 Å². The maximum absolute atomic E-state index is 7.13. The monoisotopic (exact) mass is 175 g/mol. The average Bonchev–Trinajstić information content (AvgIpc) is 2.03. The summed E-state index contributed by atoms with van der Waals surface area (Å²) in [5.41, 5.74) is 0.824. The molecule has 0 spiro atoms. The summed E-state index contributed by atoms with van der Waals surface area (Å²) >= 11 is 0. The van der Waals surface area contributed by atoms with Crippen molar-refractivity contribution in [1.82, 2.24) is 9.97 Å². The Labute approximate surface area is 76.6 Å². The molecule has 1 aromatic rings. The molecule has 1 rings (SSSR count). The van der Waals surface area contributed by atoms with Gasteiger partial charge in [-0.25, -0.2) is 9.97 Å². The number of aromatic nitrogens is 2. The van der Waals surface area contributed by atoms with Gasteiger partial charge in [-0.2, -0.15) is 0 Å². The summed E-state index contributed by atoms with van der Waals surface area (Å²) in [7, 11) is 0. The normalized spacial score (nSPS) is 11.4. The summed E-state index contributed by atoms with van der Waals surface area (Å²) in [5, 5.41) is 12.4. The number of nitrogens with one attached hydrogen (secondary N) is 1. The third kappa shape index (κ3) is 2.37. The lowest BCUT2D eigenvalue weighted by atomic mass is 10.3. The molecule has 68 valence electrons. The topological polar surface area (TPSA) is 63.7 Å². The zero-order valence-electron chi connectivity index (χ0n) is 7.70. The molecule has 0 saturated heterocycles. The Morgan fingerprint density at radius 3 is 2.85 bits per heavy atom. The number of amidine groups is 1. The molecule has 1 N–H and O–H groups in total. The van der Waals surface area contributed by atoms with Crippen LogP contribution in [0, 0.1) is 12.3 Å². The second-order valence-electron chi connectivity index (χ2n) is 2.66. The van der Waals surface area contributed by atoms with E-state index in [9.17, 15) is 0 Å². The molecule has 0 bridgehead atoms. The fraction of sp³-hybridized carbons (Fsp3) is 0.222. The Bertz CT molecular complexity index is 422. The standard InChI is InChI=1S/C9H11N4/c1-6-9(4-11-8(3)10)7(2)13-5-12-6/h4-5H,1H2,2-3H3,(H-,10,11)/q-1. The summed E-state index contributed by atoms with van der Waals surface area (Å²) in [5.74, 6) is 0.252. The maximum atomic E-state index is 7.13. The van der Waals surface area contributed by atoms with E-state index in [0.717, 1.165) is 10.9 Å². The van der Waals surface area contributed by atoms with Gasteiger partial charge in [-0.1, -0.05) is 18.6 Å². The predicted octanol–water partition coefficient (Wildman–Crippen LogP) is 0.304. The fourth-order valence-electron chi connectivity index (χ4n) is 0.862. The smallest absolute Gasteiger partial charge is 0.116 e.